The van der Waals surface area contributed by atoms with E-state index in [1.807, 2.05) is 0 Å². The number of esters is 1. The van der Waals surface area contributed by atoms with Gasteiger partial charge in [0.15, 0.2) is 5.78 Å². The molecule has 7 unspecified atom stereocenters. The molecule has 0 aliphatic heterocycles. The molecule has 0 aromatic rings. The zero-order chi connectivity index (χ0) is 22.4. The number of carbonyl (C=O) groups is 4. The van der Waals surface area contributed by atoms with Crippen LogP contribution in [0.4, 0.5) is 0 Å². The van der Waals surface area contributed by atoms with E-state index in [-0.39, 0.29) is 71.5 Å². The zero-order valence-electron chi connectivity index (χ0n) is 19.8. The summed E-state index contributed by atoms with van der Waals surface area (Å²) in [6, 6.07) is 0. The summed E-state index contributed by atoms with van der Waals surface area (Å²) in [6.07, 6.45) is 8.18. The minimum atomic E-state index is -1.29. The summed E-state index contributed by atoms with van der Waals surface area (Å²) >= 11 is 0. The second-order valence-corrected chi connectivity index (χ2v) is 11.1. The van der Waals surface area contributed by atoms with Crippen LogP contribution in [0, 0.1) is 40.4 Å². The smallest absolute Gasteiger partial charge is 0.550 e. The molecule has 4 fully saturated rings. The van der Waals surface area contributed by atoms with Gasteiger partial charge in [0.05, 0.1) is 6.42 Å². The molecule has 0 aromatic heterocycles. The van der Waals surface area contributed by atoms with E-state index < -0.39 is 11.9 Å². The number of fused-ring (bicyclic) bond motifs is 5. The van der Waals surface area contributed by atoms with Crippen molar-refractivity contribution in [1.29, 1.82) is 0 Å². The molecular formula is C25H35NaO6. The van der Waals surface area contributed by atoms with Gasteiger partial charge in [-0.15, -0.1) is 0 Å². The molecule has 0 radical (unpaired) electrons. The minimum absolute atomic E-state index is 0. The predicted octanol–water partition coefficient (Wildman–Crippen LogP) is -0.139. The molecule has 4 rings (SSSR count). The monoisotopic (exact) mass is 454 g/mol. The van der Waals surface area contributed by atoms with Crippen LogP contribution in [0.5, 0.6) is 0 Å². The second kappa shape index (κ2) is 9.87. The van der Waals surface area contributed by atoms with Gasteiger partial charge < -0.3 is 14.6 Å². The molecule has 0 heterocycles. The van der Waals surface area contributed by atoms with Gasteiger partial charge in [-0.05, 0) is 85.9 Å². The molecule has 32 heavy (non-hydrogen) atoms. The maximum absolute atomic E-state index is 13.0. The van der Waals surface area contributed by atoms with Gasteiger partial charge in [0.1, 0.15) is 12.4 Å². The number of rotatable bonds is 6. The van der Waals surface area contributed by atoms with Crippen LogP contribution < -0.4 is 34.7 Å². The van der Waals surface area contributed by atoms with Crippen molar-refractivity contribution in [2.24, 2.45) is 40.4 Å². The molecule has 0 amide bonds. The Morgan fingerprint density at radius 1 is 0.969 bits per heavy atom. The summed E-state index contributed by atoms with van der Waals surface area (Å²) in [7, 11) is 0. The molecule has 7 heteroatoms. The Labute approximate surface area is 212 Å². The third-order valence-electron chi connectivity index (χ3n) is 9.78. The third kappa shape index (κ3) is 4.61. The van der Waals surface area contributed by atoms with Crippen LogP contribution >= 0.6 is 0 Å². The molecule has 7 atom stereocenters. The van der Waals surface area contributed by atoms with Gasteiger partial charge in [-0.25, -0.2) is 0 Å². The molecule has 172 valence electrons. The van der Waals surface area contributed by atoms with E-state index in [1.54, 1.807) is 0 Å². The van der Waals surface area contributed by atoms with Crippen molar-refractivity contribution in [3.63, 3.8) is 0 Å². The number of carboxylic acids is 1. The van der Waals surface area contributed by atoms with E-state index >= 15 is 0 Å². The Morgan fingerprint density at radius 2 is 1.69 bits per heavy atom. The van der Waals surface area contributed by atoms with Crippen molar-refractivity contribution in [3.05, 3.63) is 0 Å². The predicted molar refractivity (Wildman–Crippen MR) is 110 cm³/mol. The molecule has 0 aromatic carbocycles. The van der Waals surface area contributed by atoms with Gasteiger partial charge in [-0.3, -0.25) is 14.4 Å². The molecule has 6 nitrogen and oxygen atoms in total. The first-order chi connectivity index (χ1) is 14.6. The van der Waals surface area contributed by atoms with Crippen LogP contribution in [0.2, 0.25) is 0 Å². The molecule has 0 saturated heterocycles. The molecule has 0 bridgehead atoms. The number of ketones is 2. The number of carbonyl (C=O) groups excluding carboxylic acids is 4. The maximum atomic E-state index is 13.0. The SMILES string of the molecule is CC12CCC(=O)CC1CCC1C2CCC2(C)C(C(=O)COC(=O)CCC(=O)[O-])CCC12.[Na+]. The van der Waals surface area contributed by atoms with E-state index in [2.05, 4.69) is 13.8 Å². The first-order valence-electron chi connectivity index (χ1n) is 12.0. The van der Waals surface area contributed by atoms with Gasteiger partial charge >= 0.3 is 35.5 Å². The van der Waals surface area contributed by atoms with E-state index in [0.29, 0.717) is 29.5 Å². The Balaban J connectivity index is 0.00000289. The Morgan fingerprint density at radius 3 is 2.41 bits per heavy atom. The first-order valence-corrected chi connectivity index (χ1v) is 12.0. The molecule has 4 saturated carbocycles. The quantitative estimate of drug-likeness (QED) is 0.409. The second-order valence-electron chi connectivity index (χ2n) is 11.1. The van der Waals surface area contributed by atoms with Crippen LogP contribution in [-0.4, -0.2) is 30.1 Å². The van der Waals surface area contributed by atoms with Gasteiger partial charge in [0.25, 0.3) is 0 Å². The van der Waals surface area contributed by atoms with E-state index in [4.69, 9.17) is 4.74 Å². The number of aliphatic carboxylic acids is 1. The molecule has 4 aliphatic carbocycles. The first kappa shape index (κ1) is 25.9. The number of carboxylic acid groups (broad SMARTS) is 1. The third-order valence-corrected chi connectivity index (χ3v) is 9.78. The van der Waals surface area contributed by atoms with Crippen LogP contribution in [0.1, 0.15) is 84.5 Å². The number of Topliss-reactive ketones (excluding diaryl/α,β-unsaturated/α-hetero) is 2. The van der Waals surface area contributed by atoms with Crippen LogP contribution in [-0.2, 0) is 23.9 Å². The topological polar surface area (TPSA) is 101 Å². The van der Waals surface area contributed by atoms with Crippen molar-refractivity contribution in [2.45, 2.75) is 84.5 Å². The number of hydrogen-bond acceptors (Lipinski definition) is 6. The summed E-state index contributed by atoms with van der Waals surface area (Å²) in [6.45, 7) is 4.43. The molecule has 4 aliphatic rings. The van der Waals surface area contributed by atoms with Crippen LogP contribution in [0.25, 0.3) is 0 Å². The number of ether oxygens (including phenoxy) is 1. The largest absolute Gasteiger partial charge is 1.00 e. The van der Waals surface area contributed by atoms with Crippen molar-refractivity contribution < 1.29 is 58.6 Å². The van der Waals surface area contributed by atoms with Crippen molar-refractivity contribution in [1.82, 2.24) is 0 Å². The molecular weight excluding hydrogens is 419 g/mol. The van der Waals surface area contributed by atoms with Crippen LogP contribution in [0.3, 0.4) is 0 Å². The summed E-state index contributed by atoms with van der Waals surface area (Å²) in [5.74, 6) is 0.686. The Hall–Kier alpha value is -0.720. The molecule has 0 spiro atoms. The maximum Gasteiger partial charge on any atom is 1.00 e. The van der Waals surface area contributed by atoms with E-state index in [9.17, 15) is 24.3 Å². The molecule has 0 N–H and O–H groups in total. The van der Waals surface area contributed by atoms with Gasteiger partial charge in [-0.1, -0.05) is 13.8 Å². The normalized spacial score (nSPS) is 40.3. The minimum Gasteiger partial charge on any atom is -0.550 e. The van der Waals surface area contributed by atoms with Gasteiger partial charge in [0.2, 0.25) is 0 Å². The summed E-state index contributed by atoms with van der Waals surface area (Å²) in [5.41, 5.74) is 0.206. The summed E-state index contributed by atoms with van der Waals surface area (Å²) in [4.78, 5) is 47.3. The van der Waals surface area contributed by atoms with Gasteiger partial charge in [0, 0.05) is 24.7 Å². The summed E-state index contributed by atoms with van der Waals surface area (Å²) < 4.78 is 5.08. The summed E-state index contributed by atoms with van der Waals surface area (Å²) in [5, 5.41) is 10.5. The average Bonchev–Trinajstić information content (AvgIpc) is 3.08. The van der Waals surface area contributed by atoms with Crippen molar-refractivity contribution in [2.75, 3.05) is 6.61 Å². The van der Waals surface area contributed by atoms with Crippen LogP contribution in [0.15, 0.2) is 0 Å². The fourth-order valence-electron chi connectivity index (χ4n) is 8.10. The zero-order valence-corrected chi connectivity index (χ0v) is 21.8. The van der Waals surface area contributed by atoms with E-state index in [0.717, 1.165) is 57.8 Å². The standard InChI is InChI=1S/C25H36O6.Na/c1-24-11-9-16(26)13-15(24)3-4-17-18-5-6-20(25(18,2)12-10-19(17)24)21(27)14-31-23(30)8-7-22(28)29;/h15,17-20H,3-14H2,1-2H3,(H,28,29);/q;+1/p-1. The number of hydrogen-bond donors (Lipinski definition) is 0. The van der Waals surface area contributed by atoms with Crippen molar-refractivity contribution in [3.8, 4) is 0 Å². The Bertz CT molecular complexity index is 780. The van der Waals surface area contributed by atoms with Crippen molar-refractivity contribution >= 4 is 23.5 Å². The fourth-order valence-corrected chi connectivity index (χ4v) is 8.10. The Kier molecular flexibility index (Phi) is 7.99. The average molecular weight is 455 g/mol. The van der Waals surface area contributed by atoms with E-state index in [1.165, 1.54) is 0 Å². The fraction of sp³-hybridized carbons (Fsp3) is 0.840. The van der Waals surface area contributed by atoms with Gasteiger partial charge in [-0.2, -0.15) is 0 Å².